The third kappa shape index (κ3) is 4.91. The van der Waals surface area contributed by atoms with Crippen molar-refractivity contribution >= 4 is 21.4 Å². The van der Waals surface area contributed by atoms with E-state index in [1.165, 1.54) is 18.6 Å². The van der Waals surface area contributed by atoms with E-state index in [0.29, 0.717) is 5.69 Å². The van der Waals surface area contributed by atoms with Gasteiger partial charge in [0.25, 0.3) is 5.69 Å². The molecule has 0 saturated heterocycles. The SMILES string of the molecule is CC(C)(C)NS(=O)(=O)c1ccc(NC2CCCCC2)c([N+](=O)[O-])c1. The maximum absolute atomic E-state index is 12.4. The Morgan fingerprint density at radius 2 is 1.79 bits per heavy atom. The smallest absolute Gasteiger partial charge is 0.293 e. The molecule has 1 fully saturated rings. The summed E-state index contributed by atoms with van der Waals surface area (Å²) in [5.41, 5.74) is -0.494. The first-order valence-electron chi connectivity index (χ1n) is 8.17. The average molecular weight is 355 g/mol. The van der Waals surface area contributed by atoms with Crippen LogP contribution in [-0.2, 0) is 10.0 Å². The van der Waals surface area contributed by atoms with Crippen LogP contribution in [0.25, 0.3) is 0 Å². The van der Waals surface area contributed by atoms with Crippen molar-refractivity contribution in [3.05, 3.63) is 28.3 Å². The second-order valence-corrected chi connectivity index (χ2v) is 8.95. The average Bonchev–Trinajstić information content (AvgIpc) is 2.45. The van der Waals surface area contributed by atoms with Gasteiger partial charge in [-0.05, 0) is 45.7 Å². The summed E-state index contributed by atoms with van der Waals surface area (Å²) < 4.78 is 27.2. The van der Waals surface area contributed by atoms with Crippen LogP contribution in [0.1, 0.15) is 52.9 Å². The van der Waals surface area contributed by atoms with Crippen molar-refractivity contribution in [2.45, 2.75) is 69.4 Å². The van der Waals surface area contributed by atoms with E-state index in [1.54, 1.807) is 20.8 Å². The van der Waals surface area contributed by atoms with Gasteiger partial charge in [0.05, 0.1) is 9.82 Å². The molecular weight excluding hydrogens is 330 g/mol. The summed E-state index contributed by atoms with van der Waals surface area (Å²) in [4.78, 5) is 10.7. The minimum atomic E-state index is -3.81. The number of nitrogens with zero attached hydrogens (tertiary/aromatic N) is 1. The summed E-state index contributed by atoms with van der Waals surface area (Å²) in [6.45, 7) is 5.16. The number of anilines is 1. The molecule has 1 aliphatic carbocycles. The molecule has 0 aliphatic heterocycles. The lowest BCUT2D eigenvalue weighted by atomic mass is 9.95. The molecular formula is C16H25N3O4S. The fourth-order valence-corrected chi connectivity index (χ4v) is 4.32. The van der Waals surface area contributed by atoms with Gasteiger partial charge in [-0.2, -0.15) is 0 Å². The van der Waals surface area contributed by atoms with Crippen molar-refractivity contribution in [3.8, 4) is 0 Å². The van der Waals surface area contributed by atoms with E-state index in [-0.39, 0.29) is 16.6 Å². The van der Waals surface area contributed by atoms with E-state index in [2.05, 4.69) is 10.0 Å². The molecule has 2 rings (SSSR count). The second-order valence-electron chi connectivity index (χ2n) is 7.27. The number of benzene rings is 1. The Morgan fingerprint density at radius 3 is 2.33 bits per heavy atom. The predicted octanol–water partition coefficient (Wildman–Crippen LogP) is 3.42. The lowest BCUT2D eigenvalue weighted by Gasteiger charge is -2.24. The zero-order valence-electron chi connectivity index (χ0n) is 14.3. The summed E-state index contributed by atoms with van der Waals surface area (Å²) in [7, 11) is -3.81. The maximum Gasteiger partial charge on any atom is 0.293 e. The van der Waals surface area contributed by atoms with Crippen molar-refractivity contribution in [1.82, 2.24) is 4.72 Å². The topological polar surface area (TPSA) is 101 Å². The largest absolute Gasteiger partial charge is 0.377 e. The highest BCUT2D eigenvalue weighted by molar-refractivity contribution is 7.89. The van der Waals surface area contributed by atoms with Crippen LogP contribution in [0.15, 0.2) is 23.1 Å². The summed E-state index contributed by atoms with van der Waals surface area (Å²) in [6.07, 6.45) is 5.35. The van der Waals surface area contributed by atoms with Crippen LogP contribution in [0.5, 0.6) is 0 Å². The molecule has 1 saturated carbocycles. The highest BCUT2D eigenvalue weighted by atomic mass is 32.2. The van der Waals surface area contributed by atoms with Crippen LogP contribution in [0.3, 0.4) is 0 Å². The third-order valence-electron chi connectivity index (χ3n) is 3.88. The van der Waals surface area contributed by atoms with Crippen LogP contribution in [-0.4, -0.2) is 24.9 Å². The summed E-state index contributed by atoms with van der Waals surface area (Å²) >= 11 is 0. The molecule has 7 nitrogen and oxygen atoms in total. The lowest BCUT2D eigenvalue weighted by Crippen LogP contribution is -2.40. The fraction of sp³-hybridized carbons (Fsp3) is 0.625. The number of nitro groups is 1. The Kier molecular flexibility index (Phi) is 5.49. The number of sulfonamides is 1. The molecule has 0 atom stereocenters. The van der Waals surface area contributed by atoms with Gasteiger partial charge < -0.3 is 5.32 Å². The Labute approximate surface area is 143 Å². The number of hydrogen-bond acceptors (Lipinski definition) is 5. The van der Waals surface area contributed by atoms with Crippen molar-refractivity contribution in [3.63, 3.8) is 0 Å². The van der Waals surface area contributed by atoms with Crippen molar-refractivity contribution in [2.24, 2.45) is 0 Å². The molecule has 0 amide bonds. The number of nitro benzene ring substituents is 1. The van der Waals surface area contributed by atoms with Crippen molar-refractivity contribution in [2.75, 3.05) is 5.32 Å². The van der Waals surface area contributed by atoms with E-state index in [1.807, 2.05) is 0 Å². The monoisotopic (exact) mass is 355 g/mol. The van der Waals surface area contributed by atoms with E-state index >= 15 is 0 Å². The van der Waals surface area contributed by atoms with Gasteiger partial charge >= 0.3 is 0 Å². The van der Waals surface area contributed by atoms with Gasteiger partial charge in [0.1, 0.15) is 5.69 Å². The molecule has 0 unspecified atom stereocenters. The van der Waals surface area contributed by atoms with Crippen LogP contribution >= 0.6 is 0 Å². The standard InChI is InChI=1S/C16H25N3O4S/c1-16(2,3)18-24(22,23)13-9-10-14(15(11-13)19(20)21)17-12-7-5-4-6-8-12/h9-12,17-18H,4-8H2,1-3H3. The van der Waals surface area contributed by atoms with E-state index in [9.17, 15) is 18.5 Å². The molecule has 1 aromatic rings. The van der Waals surface area contributed by atoms with Gasteiger partial charge in [-0.15, -0.1) is 0 Å². The molecule has 0 aromatic heterocycles. The molecule has 0 radical (unpaired) electrons. The molecule has 1 aromatic carbocycles. The van der Waals surface area contributed by atoms with E-state index in [0.717, 1.165) is 31.7 Å². The van der Waals surface area contributed by atoms with E-state index < -0.39 is 20.5 Å². The first-order chi connectivity index (χ1) is 11.1. The maximum atomic E-state index is 12.4. The third-order valence-corrected chi connectivity index (χ3v) is 5.64. The lowest BCUT2D eigenvalue weighted by molar-refractivity contribution is -0.384. The number of rotatable bonds is 5. The Morgan fingerprint density at radius 1 is 1.17 bits per heavy atom. The Hall–Kier alpha value is -1.67. The quantitative estimate of drug-likeness (QED) is 0.622. The molecule has 134 valence electrons. The highest BCUT2D eigenvalue weighted by Crippen LogP contribution is 2.31. The van der Waals surface area contributed by atoms with E-state index in [4.69, 9.17) is 0 Å². The molecule has 8 heteroatoms. The highest BCUT2D eigenvalue weighted by Gasteiger charge is 2.26. The fourth-order valence-electron chi connectivity index (χ4n) is 2.88. The minimum absolute atomic E-state index is 0.0988. The van der Waals surface area contributed by atoms with Gasteiger partial charge in [0, 0.05) is 17.6 Å². The summed E-state index contributed by atoms with van der Waals surface area (Å²) in [5, 5.41) is 14.6. The zero-order valence-corrected chi connectivity index (χ0v) is 15.1. The van der Waals surface area contributed by atoms with Gasteiger partial charge in [0.2, 0.25) is 10.0 Å². The normalized spacial score (nSPS) is 16.8. The van der Waals surface area contributed by atoms with Crippen molar-refractivity contribution in [1.29, 1.82) is 0 Å². The van der Waals surface area contributed by atoms with Crippen LogP contribution < -0.4 is 10.0 Å². The van der Waals surface area contributed by atoms with Crippen LogP contribution in [0.2, 0.25) is 0 Å². The first kappa shape index (κ1) is 18.7. The number of nitrogens with one attached hydrogen (secondary N) is 2. The first-order valence-corrected chi connectivity index (χ1v) is 9.66. The zero-order chi connectivity index (χ0) is 18.0. The number of hydrogen-bond donors (Lipinski definition) is 2. The Balaban J connectivity index is 2.31. The van der Waals surface area contributed by atoms with Crippen LogP contribution in [0, 0.1) is 10.1 Å². The molecule has 1 aliphatic rings. The molecule has 0 heterocycles. The van der Waals surface area contributed by atoms with Crippen molar-refractivity contribution < 1.29 is 13.3 Å². The van der Waals surface area contributed by atoms with Gasteiger partial charge in [-0.3, -0.25) is 10.1 Å². The predicted molar refractivity (Wildman–Crippen MR) is 93.7 cm³/mol. The minimum Gasteiger partial charge on any atom is -0.377 e. The summed E-state index contributed by atoms with van der Waals surface area (Å²) in [5.74, 6) is 0. The summed E-state index contributed by atoms with van der Waals surface area (Å²) in [6, 6.07) is 4.22. The van der Waals surface area contributed by atoms with Gasteiger partial charge in [-0.1, -0.05) is 19.3 Å². The molecule has 24 heavy (non-hydrogen) atoms. The molecule has 2 N–H and O–H groups in total. The second kappa shape index (κ2) is 7.06. The van der Waals surface area contributed by atoms with Gasteiger partial charge in [0.15, 0.2) is 0 Å². The van der Waals surface area contributed by atoms with Gasteiger partial charge in [-0.25, -0.2) is 13.1 Å². The molecule has 0 spiro atoms. The molecule has 0 bridgehead atoms. The van der Waals surface area contributed by atoms with Crippen LogP contribution in [0.4, 0.5) is 11.4 Å². The Bertz CT molecular complexity index is 705.